The Labute approximate surface area is 130 Å². The van der Waals surface area contributed by atoms with Gasteiger partial charge in [-0.25, -0.2) is 0 Å². The van der Waals surface area contributed by atoms with E-state index in [0.717, 1.165) is 36.3 Å². The van der Waals surface area contributed by atoms with Crippen molar-refractivity contribution in [3.8, 4) is 0 Å². The molecule has 3 atom stereocenters. The van der Waals surface area contributed by atoms with Gasteiger partial charge in [-0.15, -0.1) is 0 Å². The molecule has 1 saturated carbocycles. The van der Waals surface area contributed by atoms with Gasteiger partial charge in [-0.3, -0.25) is 4.79 Å². The van der Waals surface area contributed by atoms with Gasteiger partial charge >= 0.3 is 0 Å². The van der Waals surface area contributed by atoms with Gasteiger partial charge in [0.05, 0.1) is 6.42 Å². The maximum absolute atomic E-state index is 12.7. The van der Waals surface area contributed by atoms with Crippen LogP contribution in [0.1, 0.15) is 24.1 Å². The highest BCUT2D eigenvalue weighted by atomic mass is 16.2. The standard InChI is InChI=1S/C18H23N3O/c1-11-14(13-4-2-3-5-17(13)20-11)8-18(22)21-9-12-6-7-16(19)15(12)10-21/h2-5,12,15-16,20H,6-10,19H2,1H3. The van der Waals surface area contributed by atoms with E-state index in [4.69, 9.17) is 5.73 Å². The minimum atomic E-state index is 0.245. The van der Waals surface area contributed by atoms with Crippen molar-refractivity contribution in [1.82, 2.24) is 9.88 Å². The summed E-state index contributed by atoms with van der Waals surface area (Å²) >= 11 is 0. The van der Waals surface area contributed by atoms with E-state index in [0.29, 0.717) is 18.3 Å². The van der Waals surface area contributed by atoms with E-state index in [1.165, 1.54) is 11.8 Å². The third-order valence-corrected chi connectivity index (χ3v) is 5.62. The third kappa shape index (κ3) is 2.13. The van der Waals surface area contributed by atoms with Gasteiger partial charge in [0.2, 0.25) is 5.91 Å². The molecule has 1 aromatic heterocycles. The lowest BCUT2D eigenvalue weighted by molar-refractivity contribution is -0.129. The van der Waals surface area contributed by atoms with Crippen LogP contribution in [-0.2, 0) is 11.2 Å². The van der Waals surface area contributed by atoms with E-state index < -0.39 is 0 Å². The second-order valence-corrected chi connectivity index (χ2v) is 6.91. The van der Waals surface area contributed by atoms with Crippen LogP contribution in [0.5, 0.6) is 0 Å². The summed E-state index contributed by atoms with van der Waals surface area (Å²) in [4.78, 5) is 18.1. The van der Waals surface area contributed by atoms with Crippen LogP contribution in [0, 0.1) is 18.8 Å². The van der Waals surface area contributed by atoms with E-state index in [1.54, 1.807) is 0 Å². The number of aryl methyl sites for hydroxylation is 1. The number of carbonyl (C=O) groups is 1. The first-order chi connectivity index (χ1) is 10.6. The molecule has 0 radical (unpaired) electrons. The smallest absolute Gasteiger partial charge is 0.227 e. The number of aromatic amines is 1. The second kappa shape index (κ2) is 5.13. The van der Waals surface area contributed by atoms with Crippen LogP contribution >= 0.6 is 0 Å². The highest BCUT2D eigenvalue weighted by Gasteiger charge is 2.42. The van der Waals surface area contributed by atoms with Gasteiger partial charge in [-0.2, -0.15) is 0 Å². The number of benzene rings is 1. The first-order valence-electron chi connectivity index (χ1n) is 8.23. The zero-order chi connectivity index (χ0) is 15.3. The molecule has 4 rings (SSSR count). The number of rotatable bonds is 2. The summed E-state index contributed by atoms with van der Waals surface area (Å²) in [5, 5.41) is 1.17. The Bertz CT molecular complexity index is 720. The van der Waals surface area contributed by atoms with E-state index in [-0.39, 0.29) is 11.9 Å². The van der Waals surface area contributed by atoms with Crippen molar-refractivity contribution in [2.45, 2.75) is 32.2 Å². The number of hydrogen-bond donors (Lipinski definition) is 2. The van der Waals surface area contributed by atoms with E-state index in [2.05, 4.69) is 24.0 Å². The largest absolute Gasteiger partial charge is 0.358 e. The topological polar surface area (TPSA) is 62.1 Å². The number of para-hydroxylation sites is 1. The maximum Gasteiger partial charge on any atom is 0.227 e. The van der Waals surface area contributed by atoms with Gasteiger partial charge in [0.1, 0.15) is 0 Å². The number of H-pyrrole nitrogens is 1. The molecule has 2 aromatic rings. The van der Waals surface area contributed by atoms with Gasteiger partial charge in [0.25, 0.3) is 0 Å². The molecular weight excluding hydrogens is 274 g/mol. The van der Waals surface area contributed by atoms with Crippen molar-refractivity contribution < 1.29 is 4.79 Å². The van der Waals surface area contributed by atoms with Crippen LogP contribution < -0.4 is 5.73 Å². The number of likely N-dealkylation sites (tertiary alicyclic amines) is 1. The first-order valence-corrected chi connectivity index (χ1v) is 8.23. The van der Waals surface area contributed by atoms with Crippen molar-refractivity contribution in [1.29, 1.82) is 0 Å². The molecule has 0 bridgehead atoms. The van der Waals surface area contributed by atoms with Gasteiger partial charge in [0.15, 0.2) is 0 Å². The summed E-state index contributed by atoms with van der Waals surface area (Å²) in [6, 6.07) is 8.50. The normalized spacial score (nSPS) is 27.5. The number of nitrogens with zero attached hydrogens (tertiary/aromatic N) is 1. The average molecular weight is 297 g/mol. The third-order valence-electron chi connectivity index (χ3n) is 5.62. The fraction of sp³-hybridized carbons (Fsp3) is 0.500. The van der Waals surface area contributed by atoms with Crippen LogP contribution in [0.2, 0.25) is 0 Å². The van der Waals surface area contributed by atoms with Crippen LogP contribution in [0.4, 0.5) is 0 Å². The van der Waals surface area contributed by atoms with Crippen LogP contribution in [-0.4, -0.2) is 34.9 Å². The number of fused-ring (bicyclic) bond motifs is 2. The zero-order valence-corrected chi connectivity index (χ0v) is 13.0. The molecule has 0 spiro atoms. The molecule has 22 heavy (non-hydrogen) atoms. The molecule has 2 aliphatic rings. The fourth-order valence-electron chi connectivity index (χ4n) is 4.34. The fourth-order valence-corrected chi connectivity index (χ4v) is 4.34. The predicted molar refractivity (Wildman–Crippen MR) is 87.5 cm³/mol. The van der Waals surface area contributed by atoms with Gasteiger partial charge in [-0.1, -0.05) is 18.2 Å². The number of nitrogens with one attached hydrogen (secondary N) is 1. The minimum absolute atomic E-state index is 0.245. The minimum Gasteiger partial charge on any atom is -0.358 e. The zero-order valence-electron chi connectivity index (χ0n) is 13.0. The molecule has 2 fully saturated rings. The van der Waals surface area contributed by atoms with Crippen LogP contribution in [0.3, 0.4) is 0 Å². The van der Waals surface area contributed by atoms with Crippen molar-refractivity contribution in [2.75, 3.05) is 13.1 Å². The Balaban J connectivity index is 1.53. The lowest BCUT2D eigenvalue weighted by atomic mass is 9.98. The molecule has 4 nitrogen and oxygen atoms in total. The number of carbonyl (C=O) groups excluding carboxylic acids is 1. The molecule has 1 aliphatic heterocycles. The molecule has 3 unspecified atom stereocenters. The molecule has 3 N–H and O–H groups in total. The van der Waals surface area contributed by atoms with E-state index >= 15 is 0 Å². The summed E-state index contributed by atoms with van der Waals surface area (Å²) in [5.41, 5.74) is 9.53. The number of nitrogens with two attached hydrogens (primary N) is 1. The Morgan fingerprint density at radius 1 is 1.32 bits per heavy atom. The quantitative estimate of drug-likeness (QED) is 0.893. The van der Waals surface area contributed by atoms with Crippen molar-refractivity contribution in [3.63, 3.8) is 0 Å². The summed E-state index contributed by atoms with van der Waals surface area (Å²) in [6.07, 6.45) is 2.80. The van der Waals surface area contributed by atoms with Gasteiger partial charge in [-0.05, 0) is 43.2 Å². The maximum atomic E-state index is 12.7. The molecule has 1 amide bonds. The molecule has 1 saturated heterocycles. The molecule has 116 valence electrons. The Morgan fingerprint density at radius 3 is 2.95 bits per heavy atom. The average Bonchev–Trinajstić information content (AvgIpc) is 3.15. The summed E-state index contributed by atoms with van der Waals surface area (Å²) in [7, 11) is 0. The van der Waals surface area contributed by atoms with Crippen molar-refractivity contribution >= 4 is 16.8 Å². The van der Waals surface area contributed by atoms with Gasteiger partial charge in [0, 0.05) is 35.7 Å². The summed E-state index contributed by atoms with van der Waals surface area (Å²) in [5.74, 6) is 1.39. The van der Waals surface area contributed by atoms with E-state index in [1.807, 2.05) is 17.0 Å². The highest BCUT2D eigenvalue weighted by Crippen LogP contribution is 2.37. The predicted octanol–water partition coefficient (Wildman–Crippen LogP) is 2.21. The molecule has 2 heterocycles. The summed E-state index contributed by atoms with van der Waals surface area (Å²) < 4.78 is 0. The lowest BCUT2D eigenvalue weighted by Gasteiger charge is -2.19. The highest BCUT2D eigenvalue weighted by molar-refractivity contribution is 5.90. The van der Waals surface area contributed by atoms with Crippen LogP contribution in [0.25, 0.3) is 10.9 Å². The Kier molecular flexibility index (Phi) is 3.22. The van der Waals surface area contributed by atoms with E-state index in [9.17, 15) is 4.79 Å². The van der Waals surface area contributed by atoms with Crippen LogP contribution in [0.15, 0.2) is 24.3 Å². The lowest BCUT2D eigenvalue weighted by Crippen LogP contribution is -2.34. The number of amides is 1. The van der Waals surface area contributed by atoms with Crippen molar-refractivity contribution in [2.24, 2.45) is 17.6 Å². The Hall–Kier alpha value is -1.81. The molecular formula is C18H23N3O. The summed E-state index contributed by atoms with van der Waals surface area (Å²) in [6.45, 7) is 3.81. The second-order valence-electron chi connectivity index (χ2n) is 6.91. The molecule has 1 aromatic carbocycles. The first kappa shape index (κ1) is 13.8. The van der Waals surface area contributed by atoms with Crippen molar-refractivity contribution in [3.05, 3.63) is 35.5 Å². The molecule has 4 heteroatoms. The number of hydrogen-bond acceptors (Lipinski definition) is 2. The van der Waals surface area contributed by atoms with Gasteiger partial charge < -0.3 is 15.6 Å². The SMILES string of the molecule is Cc1[nH]c2ccccc2c1CC(=O)N1CC2CCC(N)C2C1. The molecule has 1 aliphatic carbocycles. The Morgan fingerprint density at radius 2 is 2.14 bits per heavy atom. The monoisotopic (exact) mass is 297 g/mol. The number of aromatic nitrogens is 1.